The normalized spacial score (nSPS) is 12.3. The van der Waals surface area contributed by atoms with Gasteiger partial charge in [-0.3, -0.25) is 19.4 Å². The molecule has 0 spiro atoms. The summed E-state index contributed by atoms with van der Waals surface area (Å²) in [5, 5.41) is 10.7. The first kappa shape index (κ1) is 21.6. The second kappa shape index (κ2) is 10.6. The first-order valence-electron chi connectivity index (χ1n) is 9.40. The lowest BCUT2D eigenvalue weighted by atomic mass is 10.0. The zero-order chi connectivity index (χ0) is 19.8. The molecule has 2 aromatic rings. The molecule has 148 valence electrons. The van der Waals surface area contributed by atoms with Crippen LogP contribution in [0.2, 0.25) is 5.02 Å². The highest BCUT2D eigenvalue weighted by molar-refractivity contribution is 7.71. The molecule has 0 aliphatic carbocycles. The maximum atomic E-state index is 12.6. The van der Waals surface area contributed by atoms with Crippen LogP contribution >= 0.6 is 23.8 Å². The lowest BCUT2D eigenvalue weighted by molar-refractivity contribution is -0.122. The molecule has 6 nitrogen and oxygen atoms in total. The van der Waals surface area contributed by atoms with Crippen molar-refractivity contribution in [1.29, 1.82) is 0 Å². The molecule has 1 aromatic heterocycles. The van der Waals surface area contributed by atoms with Crippen molar-refractivity contribution in [1.82, 2.24) is 25.0 Å². The molecule has 8 heteroatoms. The number of aromatic nitrogens is 3. The molecule has 0 fully saturated rings. The summed E-state index contributed by atoms with van der Waals surface area (Å²) in [6.07, 6.45) is 1.72. The van der Waals surface area contributed by atoms with Gasteiger partial charge in [-0.05, 0) is 43.4 Å². The van der Waals surface area contributed by atoms with Crippen LogP contribution in [0.1, 0.15) is 44.6 Å². The van der Waals surface area contributed by atoms with Gasteiger partial charge in [-0.1, -0.05) is 50.6 Å². The minimum atomic E-state index is -0.0888. The van der Waals surface area contributed by atoms with Gasteiger partial charge in [-0.25, -0.2) is 0 Å². The molecule has 0 saturated heterocycles. The van der Waals surface area contributed by atoms with Crippen LogP contribution in [0.3, 0.4) is 0 Å². The number of halogens is 1. The number of hydrogen-bond donors (Lipinski definition) is 2. The highest BCUT2D eigenvalue weighted by Gasteiger charge is 2.21. The van der Waals surface area contributed by atoms with Crippen molar-refractivity contribution in [2.24, 2.45) is 0 Å². The van der Waals surface area contributed by atoms with Crippen LogP contribution in [-0.2, 0) is 17.8 Å². The van der Waals surface area contributed by atoms with Crippen LogP contribution in [0, 0.1) is 4.77 Å². The Balaban J connectivity index is 2.11. The molecule has 1 unspecified atom stereocenters. The summed E-state index contributed by atoms with van der Waals surface area (Å²) in [4.78, 5) is 14.9. The van der Waals surface area contributed by atoms with Crippen LogP contribution in [0.25, 0.3) is 0 Å². The van der Waals surface area contributed by atoms with Crippen LogP contribution < -0.4 is 5.32 Å². The van der Waals surface area contributed by atoms with Gasteiger partial charge in [0.05, 0.1) is 6.04 Å². The van der Waals surface area contributed by atoms with Gasteiger partial charge in [0.15, 0.2) is 4.77 Å². The van der Waals surface area contributed by atoms with Crippen LogP contribution in [-0.4, -0.2) is 45.2 Å². The maximum Gasteiger partial charge on any atom is 0.240 e. The Morgan fingerprint density at radius 1 is 1.33 bits per heavy atom. The topological polar surface area (TPSA) is 66.0 Å². The van der Waals surface area contributed by atoms with E-state index in [1.807, 2.05) is 24.3 Å². The number of hydrogen-bond acceptors (Lipinski definition) is 4. The monoisotopic (exact) mass is 409 g/mol. The summed E-state index contributed by atoms with van der Waals surface area (Å²) < 4.78 is 2.23. The Bertz CT molecular complexity index is 799. The van der Waals surface area contributed by atoms with Crippen LogP contribution in [0.5, 0.6) is 0 Å². The average molecular weight is 410 g/mol. The Morgan fingerprint density at radius 2 is 2.04 bits per heavy atom. The van der Waals surface area contributed by atoms with Crippen molar-refractivity contribution >= 4 is 29.7 Å². The van der Waals surface area contributed by atoms with Crippen molar-refractivity contribution in [2.45, 2.75) is 46.2 Å². The van der Waals surface area contributed by atoms with Gasteiger partial charge in [0.1, 0.15) is 12.4 Å². The molecule has 0 bridgehead atoms. The number of aromatic amines is 1. The Hall–Kier alpha value is -1.70. The number of nitrogens with one attached hydrogen (secondary N) is 2. The van der Waals surface area contributed by atoms with E-state index in [0.29, 0.717) is 16.3 Å². The molecular formula is C19H28ClN5OS. The van der Waals surface area contributed by atoms with Crippen molar-refractivity contribution in [3.05, 3.63) is 45.4 Å². The fraction of sp³-hybridized carbons (Fsp3) is 0.526. The van der Waals surface area contributed by atoms with Crippen molar-refractivity contribution in [3.8, 4) is 0 Å². The van der Waals surface area contributed by atoms with E-state index < -0.39 is 0 Å². The number of carbonyl (C=O) groups is 1. The number of aryl methyl sites for hydroxylation is 1. The third kappa shape index (κ3) is 5.64. The Morgan fingerprint density at radius 3 is 2.67 bits per heavy atom. The highest BCUT2D eigenvalue weighted by atomic mass is 35.5. The SMILES string of the molecule is CCCc1n[nH]c(=S)n1CC(=O)NCC(c1ccccc1Cl)N(CC)CC. The van der Waals surface area contributed by atoms with Gasteiger partial charge in [0.2, 0.25) is 5.91 Å². The maximum absolute atomic E-state index is 12.6. The number of H-pyrrole nitrogens is 1. The Kier molecular flexibility index (Phi) is 8.47. The van der Waals surface area contributed by atoms with Crippen molar-refractivity contribution in [2.75, 3.05) is 19.6 Å². The number of carbonyl (C=O) groups excluding carboxylic acids is 1. The first-order chi connectivity index (χ1) is 13.0. The van der Waals surface area contributed by atoms with E-state index in [2.05, 4.69) is 41.2 Å². The highest BCUT2D eigenvalue weighted by Crippen LogP contribution is 2.26. The van der Waals surface area contributed by atoms with Gasteiger partial charge < -0.3 is 5.32 Å². The predicted octanol–water partition coefficient (Wildman–Crippen LogP) is 3.75. The minimum Gasteiger partial charge on any atom is -0.353 e. The van der Waals surface area contributed by atoms with E-state index in [1.165, 1.54) is 0 Å². The summed E-state index contributed by atoms with van der Waals surface area (Å²) in [6, 6.07) is 7.81. The molecule has 2 rings (SSSR count). The minimum absolute atomic E-state index is 0.0186. The first-order valence-corrected chi connectivity index (χ1v) is 10.2. The molecule has 0 saturated carbocycles. The molecule has 27 heavy (non-hydrogen) atoms. The summed E-state index contributed by atoms with van der Waals surface area (Å²) in [6.45, 7) is 8.68. The second-order valence-corrected chi connectivity index (χ2v) is 7.14. The number of benzene rings is 1. The summed E-state index contributed by atoms with van der Waals surface area (Å²) in [7, 11) is 0. The zero-order valence-corrected chi connectivity index (χ0v) is 17.7. The van der Waals surface area contributed by atoms with Gasteiger partial charge in [0.25, 0.3) is 0 Å². The van der Waals surface area contributed by atoms with Crippen LogP contribution in [0.4, 0.5) is 0 Å². The van der Waals surface area contributed by atoms with Gasteiger partial charge >= 0.3 is 0 Å². The number of amides is 1. The van der Waals surface area contributed by atoms with E-state index in [9.17, 15) is 4.79 Å². The summed E-state index contributed by atoms with van der Waals surface area (Å²) in [5.41, 5.74) is 1.02. The summed E-state index contributed by atoms with van der Waals surface area (Å²) in [5.74, 6) is 0.720. The standard InChI is InChI=1S/C19H28ClN5OS/c1-4-9-17-22-23-19(27)25(17)13-18(26)21-12-16(24(5-2)6-3)14-10-7-8-11-15(14)20/h7-8,10-11,16H,4-6,9,12-13H2,1-3H3,(H,21,26)(H,23,27). The average Bonchev–Trinajstić information content (AvgIpc) is 3.00. The van der Waals surface area contributed by atoms with E-state index in [1.54, 1.807) is 4.57 Å². The zero-order valence-electron chi connectivity index (χ0n) is 16.2. The number of nitrogens with zero attached hydrogens (tertiary/aromatic N) is 3. The van der Waals surface area contributed by atoms with Crippen molar-refractivity contribution < 1.29 is 4.79 Å². The molecule has 0 aliphatic heterocycles. The molecule has 1 heterocycles. The van der Waals surface area contributed by atoms with Gasteiger partial charge in [0, 0.05) is 18.0 Å². The third-order valence-corrected chi connectivity index (χ3v) is 5.28. The fourth-order valence-corrected chi connectivity index (χ4v) is 3.66. The molecule has 2 N–H and O–H groups in total. The number of rotatable bonds is 10. The predicted molar refractivity (Wildman–Crippen MR) is 112 cm³/mol. The molecule has 0 aliphatic rings. The molecule has 1 amide bonds. The second-order valence-electron chi connectivity index (χ2n) is 6.34. The lowest BCUT2D eigenvalue weighted by Gasteiger charge is -2.31. The smallest absolute Gasteiger partial charge is 0.240 e. The number of likely N-dealkylation sites (N-methyl/N-ethyl adjacent to an activating group) is 1. The summed E-state index contributed by atoms with van der Waals surface area (Å²) >= 11 is 11.7. The van der Waals surface area contributed by atoms with E-state index in [-0.39, 0.29) is 18.5 Å². The Labute approximate surface area is 170 Å². The fourth-order valence-electron chi connectivity index (χ4n) is 3.18. The molecule has 1 aromatic carbocycles. The van der Waals surface area contributed by atoms with E-state index in [0.717, 1.165) is 37.3 Å². The van der Waals surface area contributed by atoms with Gasteiger partial charge in [-0.2, -0.15) is 5.10 Å². The molecular weight excluding hydrogens is 382 g/mol. The van der Waals surface area contributed by atoms with E-state index >= 15 is 0 Å². The van der Waals surface area contributed by atoms with Crippen LogP contribution in [0.15, 0.2) is 24.3 Å². The molecule has 0 radical (unpaired) electrons. The quantitative estimate of drug-likeness (QED) is 0.586. The third-order valence-electron chi connectivity index (χ3n) is 4.62. The molecule has 1 atom stereocenters. The van der Waals surface area contributed by atoms with E-state index in [4.69, 9.17) is 23.8 Å². The van der Waals surface area contributed by atoms with Gasteiger partial charge in [-0.15, -0.1) is 0 Å². The lowest BCUT2D eigenvalue weighted by Crippen LogP contribution is -2.39. The van der Waals surface area contributed by atoms with Crippen molar-refractivity contribution in [3.63, 3.8) is 0 Å². The largest absolute Gasteiger partial charge is 0.353 e.